The predicted molar refractivity (Wildman–Crippen MR) is 126 cm³/mol. The van der Waals surface area contributed by atoms with Crippen LogP contribution in [-0.4, -0.2) is 24.3 Å². The van der Waals surface area contributed by atoms with E-state index in [1.165, 1.54) is 6.92 Å². The highest BCUT2D eigenvalue weighted by atomic mass is 16.2. The van der Waals surface area contributed by atoms with Crippen LogP contribution in [0.1, 0.15) is 45.2 Å². The summed E-state index contributed by atoms with van der Waals surface area (Å²) >= 11 is 0. The number of aryl methyl sites for hydroxylation is 2. The Kier molecular flexibility index (Phi) is 6.03. The Balaban J connectivity index is 1.50. The van der Waals surface area contributed by atoms with Gasteiger partial charge in [-0.05, 0) is 79.9 Å². The van der Waals surface area contributed by atoms with E-state index in [9.17, 15) is 14.4 Å². The molecule has 6 heteroatoms. The van der Waals surface area contributed by atoms with Crippen molar-refractivity contribution in [2.24, 2.45) is 0 Å². The smallest absolute Gasteiger partial charge is 0.258 e. The van der Waals surface area contributed by atoms with Crippen molar-refractivity contribution in [3.05, 3.63) is 89.0 Å². The number of carbonyl (C=O) groups is 3. The van der Waals surface area contributed by atoms with E-state index < -0.39 is 0 Å². The first-order valence-corrected chi connectivity index (χ1v) is 10.6. The fourth-order valence-corrected chi connectivity index (χ4v) is 3.84. The lowest BCUT2D eigenvalue weighted by molar-refractivity contribution is -0.114. The normalized spacial score (nSPS) is 12.6. The van der Waals surface area contributed by atoms with Crippen molar-refractivity contribution >= 4 is 34.8 Å². The third-order valence-electron chi connectivity index (χ3n) is 5.47. The van der Waals surface area contributed by atoms with Gasteiger partial charge in [0.05, 0.1) is 0 Å². The third-order valence-corrected chi connectivity index (χ3v) is 5.47. The summed E-state index contributed by atoms with van der Waals surface area (Å²) in [5, 5.41) is 5.57. The number of hydrogen-bond donors (Lipinski definition) is 2. The molecular weight excluding hydrogens is 402 g/mol. The molecular formula is C26H25N3O3. The van der Waals surface area contributed by atoms with Crippen LogP contribution < -0.4 is 15.5 Å². The number of nitrogens with one attached hydrogen (secondary N) is 2. The molecule has 6 nitrogen and oxygen atoms in total. The van der Waals surface area contributed by atoms with Gasteiger partial charge in [0.1, 0.15) is 0 Å². The van der Waals surface area contributed by atoms with Gasteiger partial charge in [0, 0.05) is 41.7 Å². The summed E-state index contributed by atoms with van der Waals surface area (Å²) in [5.74, 6) is -0.393. The molecule has 0 aromatic heterocycles. The molecule has 0 saturated heterocycles. The van der Waals surface area contributed by atoms with Crippen LogP contribution >= 0.6 is 0 Å². The first-order valence-electron chi connectivity index (χ1n) is 10.6. The number of carbonyl (C=O) groups excluding carboxylic acids is 3. The van der Waals surface area contributed by atoms with Crippen molar-refractivity contribution in [2.45, 2.75) is 26.7 Å². The molecule has 3 aromatic rings. The summed E-state index contributed by atoms with van der Waals surface area (Å²) in [6.07, 6.45) is 1.67. The standard InChI is InChI=1S/C26H25N3O3/c1-17-5-7-19(8-6-17)26(32)29-15-3-4-20-16-21(9-14-24(20)29)25(31)28-23-12-10-22(11-13-23)27-18(2)30/h5-14,16H,3-4,15H2,1-2H3,(H,27,30)(H,28,31). The van der Waals surface area contributed by atoms with Gasteiger partial charge in [-0.25, -0.2) is 0 Å². The van der Waals surface area contributed by atoms with E-state index in [0.717, 1.165) is 29.7 Å². The molecule has 0 atom stereocenters. The molecule has 0 unspecified atom stereocenters. The topological polar surface area (TPSA) is 78.5 Å². The van der Waals surface area contributed by atoms with E-state index >= 15 is 0 Å². The number of fused-ring (bicyclic) bond motifs is 1. The number of nitrogens with zero attached hydrogens (tertiary/aromatic N) is 1. The summed E-state index contributed by atoms with van der Waals surface area (Å²) in [6.45, 7) is 4.10. The van der Waals surface area contributed by atoms with Gasteiger partial charge in [0.15, 0.2) is 0 Å². The number of hydrogen-bond acceptors (Lipinski definition) is 3. The van der Waals surface area contributed by atoms with Gasteiger partial charge in [-0.3, -0.25) is 14.4 Å². The fraction of sp³-hybridized carbons (Fsp3) is 0.192. The van der Waals surface area contributed by atoms with Crippen LogP contribution in [0.4, 0.5) is 17.1 Å². The highest BCUT2D eigenvalue weighted by molar-refractivity contribution is 6.08. The molecule has 0 saturated carbocycles. The monoisotopic (exact) mass is 427 g/mol. The lowest BCUT2D eigenvalue weighted by Crippen LogP contribution is -2.35. The van der Waals surface area contributed by atoms with Gasteiger partial charge < -0.3 is 15.5 Å². The van der Waals surface area contributed by atoms with E-state index in [1.54, 1.807) is 35.2 Å². The molecule has 1 aliphatic heterocycles. The largest absolute Gasteiger partial charge is 0.326 e. The molecule has 32 heavy (non-hydrogen) atoms. The summed E-state index contributed by atoms with van der Waals surface area (Å²) in [5.41, 5.74) is 5.47. The maximum absolute atomic E-state index is 13.0. The maximum atomic E-state index is 13.0. The summed E-state index contributed by atoms with van der Waals surface area (Å²) in [7, 11) is 0. The Morgan fingerprint density at radius 1 is 0.812 bits per heavy atom. The molecule has 162 valence electrons. The minimum Gasteiger partial charge on any atom is -0.326 e. The quantitative estimate of drug-likeness (QED) is 0.628. The number of anilines is 3. The van der Waals surface area contributed by atoms with Crippen molar-refractivity contribution < 1.29 is 14.4 Å². The van der Waals surface area contributed by atoms with E-state index in [2.05, 4.69) is 10.6 Å². The van der Waals surface area contributed by atoms with E-state index in [0.29, 0.717) is 29.0 Å². The predicted octanol–water partition coefficient (Wildman–Crippen LogP) is 4.80. The first-order chi connectivity index (χ1) is 15.4. The van der Waals surface area contributed by atoms with Gasteiger partial charge in [-0.15, -0.1) is 0 Å². The molecule has 0 fully saturated rings. The molecule has 3 aromatic carbocycles. The zero-order chi connectivity index (χ0) is 22.7. The number of benzene rings is 3. The molecule has 3 amide bonds. The zero-order valence-corrected chi connectivity index (χ0v) is 18.1. The fourth-order valence-electron chi connectivity index (χ4n) is 3.84. The SMILES string of the molecule is CC(=O)Nc1ccc(NC(=O)c2ccc3c(c2)CCCN3C(=O)c2ccc(C)cc2)cc1. The Labute approximate surface area is 187 Å². The summed E-state index contributed by atoms with van der Waals surface area (Å²) in [6, 6.07) is 20.0. The van der Waals surface area contributed by atoms with E-state index in [4.69, 9.17) is 0 Å². The maximum Gasteiger partial charge on any atom is 0.258 e. The first kappa shape index (κ1) is 21.3. The Bertz CT molecular complexity index is 1170. The molecule has 2 N–H and O–H groups in total. The van der Waals surface area contributed by atoms with Crippen molar-refractivity contribution in [3.8, 4) is 0 Å². The average molecular weight is 428 g/mol. The van der Waals surface area contributed by atoms with Crippen LogP contribution in [0, 0.1) is 6.92 Å². The van der Waals surface area contributed by atoms with Crippen molar-refractivity contribution in [1.29, 1.82) is 0 Å². The van der Waals surface area contributed by atoms with Crippen LogP contribution in [0.25, 0.3) is 0 Å². The molecule has 4 rings (SSSR count). The summed E-state index contributed by atoms with van der Waals surface area (Å²) < 4.78 is 0. The Morgan fingerprint density at radius 3 is 2.09 bits per heavy atom. The van der Waals surface area contributed by atoms with Crippen LogP contribution in [0.2, 0.25) is 0 Å². The highest BCUT2D eigenvalue weighted by Gasteiger charge is 2.24. The van der Waals surface area contributed by atoms with Crippen LogP contribution in [0.3, 0.4) is 0 Å². The number of amides is 3. The zero-order valence-electron chi connectivity index (χ0n) is 18.1. The van der Waals surface area contributed by atoms with Crippen LogP contribution in [0.15, 0.2) is 66.7 Å². The third kappa shape index (κ3) is 4.70. The lowest BCUT2D eigenvalue weighted by atomic mass is 9.98. The minimum absolute atomic E-state index is 0.0255. The Hall–Kier alpha value is -3.93. The highest BCUT2D eigenvalue weighted by Crippen LogP contribution is 2.30. The summed E-state index contributed by atoms with van der Waals surface area (Å²) in [4.78, 5) is 38.7. The van der Waals surface area contributed by atoms with Gasteiger partial charge in [-0.1, -0.05) is 17.7 Å². The van der Waals surface area contributed by atoms with Crippen molar-refractivity contribution in [2.75, 3.05) is 22.1 Å². The Morgan fingerprint density at radius 2 is 1.44 bits per heavy atom. The van der Waals surface area contributed by atoms with Crippen molar-refractivity contribution in [3.63, 3.8) is 0 Å². The van der Waals surface area contributed by atoms with Crippen LogP contribution in [-0.2, 0) is 11.2 Å². The van der Waals surface area contributed by atoms with Gasteiger partial charge in [-0.2, -0.15) is 0 Å². The molecule has 0 radical (unpaired) electrons. The molecule has 0 spiro atoms. The van der Waals surface area contributed by atoms with Crippen molar-refractivity contribution in [1.82, 2.24) is 0 Å². The molecule has 1 aliphatic rings. The molecule has 1 heterocycles. The molecule has 0 bridgehead atoms. The second-order valence-corrected chi connectivity index (χ2v) is 7.98. The van der Waals surface area contributed by atoms with Gasteiger partial charge >= 0.3 is 0 Å². The average Bonchev–Trinajstić information content (AvgIpc) is 2.79. The number of rotatable bonds is 4. The second kappa shape index (κ2) is 9.06. The van der Waals surface area contributed by atoms with E-state index in [-0.39, 0.29) is 17.7 Å². The molecule has 0 aliphatic carbocycles. The minimum atomic E-state index is -0.220. The van der Waals surface area contributed by atoms with Gasteiger partial charge in [0.2, 0.25) is 5.91 Å². The van der Waals surface area contributed by atoms with Gasteiger partial charge in [0.25, 0.3) is 11.8 Å². The van der Waals surface area contributed by atoms with Crippen LogP contribution in [0.5, 0.6) is 0 Å². The van der Waals surface area contributed by atoms with E-state index in [1.807, 2.05) is 43.3 Å². The second-order valence-electron chi connectivity index (χ2n) is 7.98. The lowest BCUT2D eigenvalue weighted by Gasteiger charge is -2.30.